The minimum absolute atomic E-state index is 0.862. The molecule has 0 spiro atoms. The first-order valence-electron chi connectivity index (χ1n) is 6.10. The summed E-state index contributed by atoms with van der Waals surface area (Å²) in [5.74, 6) is 0. The first-order chi connectivity index (χ1) is 8.43. The minimum Gasteiger partial charge on any atom is -0.388 e. The second-order valence-electron chi connectivity index (χ2n) is 5.07. The van der Waals surface area contributed by atoms with E-state index in [-0.39, 0.29) is 0 Å². The van der Waals surface area contributed by atoms with Crippen LogP contribution in [0.25, 0.3) is 11.3 Å². The second-order valence-corrected chi connectivity index (χ2v) is 5.07. The Kier molecular flexibility index (Phi) is 3.18. The van der Waals surface area contributed by atoms with Crippen LogP contribution in [0, 0.1) is 0 Å². The Labute approximate surface area is 108 Å². The topological polar surface area (TPSA) is 37.2 Å². The van der Waals surface area contributed by atoms with Crippen LogP contribution in [0.3, 0.4) is 0 Å². The molecule has 0 aliphatic rings. The van der Waals surface area contributed by atoms with Crippen LogP contribution >= 0.6 is 0 Å². The maximum Gasteiger partial charge on any atom is 0.0860 e. The third-order valence-corrected chi connectivity index (χ3v) is 3.19. The molecule has 0 aliphatic heterocycles. The molecule has 0 saturated heterocycles. The summed E-state index contributed by atoms with van der Waals surface area (Å²) in [6.45, 7) is 3.61. The highest BCUT2D eigenvalue weighted by atomic mass is 16.3. The lowest BCUT2D eigenvalue weighted by Gasteiger charge is -2.22. The van der Waals surface area contributed by atoms with Crippen LogP contribution in [0.1, 0.15) is 19.4 Å². The van der Waals surface area contributed by atoms with Gasteiger partial charge < -0.3 is 15.0 Å². The van der Waals surface area contributed by atoms with Crippen LogP contribution in [0.15, 0.2) is 36.5 Å². The van der Waals surface area contributed by atoms with E-state index in [9.17, 15) is 5.11 Å². The van der Waals surface area contributed by atoms with Crippen LogP contribution in [-0.4, -0.2) is 16.7 Å². The number of rotatable bonds is 3. The van der Waals surface area contributed by atoms with Crippen molar-refractivity contribution in [3.05, 3.63) is 42.1 Å². The van der Waals surface area contributed by atoms with Crippen LogP contribution in [-0.2, 0) is 12.6 Å². The predicted molar refractivity (Wildman–Crippen MR) is 75.6 cm³/mol. The van der Waals surface area contributed by atoms with E-state index in [0.717, 1.165) is 22.5 Å². The van der Waals surface area contributed by atoms with Crippen molar-refractivity contribution in [2.24, 2.45) is 7.05 Å². The quantitative estimate of drug-likeness (QED) is 0.871. The third kappa shape index (κ3) is 2.27. The van der Waals surface area contributed by atoms with E-state index in [0.29, 0.717) is 0 Å². The zero-order valence-electron chi connectivity index (χ0n) is 11.4. The highest BCUT2D eigenvalue weighted by Gasteiger charge is 2.20. The summed E-state index contributed by atoms with van der Waals surface area (Å²) < 4.78 is 2.07. The lowest BCUT2D eigenvalue weighted by Crippen LogP contribution is -2.17. The highest BCUT2D eigenvalue weighted by molar-refractivity contribution is 5.67. The van der Waals surface area contributed by atoms with E-state index in [1.54, 1.807) is 13.8 Å². The van der Waals surface area contributed by atoms with Crippen molar-refractivity contribution in [2.75, 3.05) is 12.4 Å². The van der Waals surface area contributed by atoms with Crippen LogP contribution in [0.2, 0.25) is 0 Å². The molecule has 0 unspecified atom stereocenters. The monoisotopic (exact) mass is 244 g/mol. The molecule has 2 aromatic rings. The number of benzene rings is 1. The van der Waals surface area contributed by atoms with Crippen LogP contribution in [0.4, 0.5) is 5.69 Å². The summed E-state index contributed by atoms with van der Waals surface area (Å²) in [4.78, 5) is 0. The van der Waals surface area contributed by atoms with Crippen molar-refractivity contribution in [2.45, 2.75) is 19.4 Å². The zero-order chi connectivity index (χ0) is 13.3. The predicted octanol–water partition coefficient (Wildman–Crippen LogP) is 2.96. The molecule has 0 aliphatic carbocycles. The normalized spacial score (nSPS) is 11.6. The molecule has 0 fully saturated rings. The fraction of sp³-hybridized carbons (Fsp3) is 0.333. The molecule has 2 N–H and O–H groups in total. The van der Waals surface area contributed by atoms with Gasteiger partial charge in [0.15, 0.2) is 0 Å². The fourth-order valence-corrected chi connectivity index (χ4v) is 2.19. The fourth-order valence-electron chi connectivity index (χ4n) is 2.19. The summed E-state index contributed by atoms with van der Waals surface area (Å²) in [5.41, 5.74) is 3.26. The minimum atomic E-state index is -0.862. The maximum absolute atomic E-state index is 10.2. The summed E-state index contributed by atoms with van der Waals surface area (Å²) in [6, 6.07) is 10.2. The third-order valence-electron chi connectivity index (χ3n) is 3.19. The van der Waals surface area contributed by atoms with E-state index in [1.165, 1.54) is 0 Å². The number of nitrogens with zero attached hydrogens (tertiary/aromatic N) is 1. The number of aromatic nitrogens is 1. The lowest BCUT2D eigenvalue weighted by atomic mass is 9.93. The van der Waals surface area contributed by atoms with Gasteiger partial charge in [-0.2, -0.15) is 0 Å². The summed E-state index contributed by atoms with van der Waals surface area (Å²) >= 11 is 0. The molecule has 0 bridgehead atoms. The van der Waals surface area contributed by atoms with Crippen molar-refractivity contribution >= 4 is 5.69 Å². The zero-order valence-corrected chi connectivity index (χ0v) is 11.4. The van der Waals surface area contributed by atoms with Gasteiger partial charge in [0.1, 0.15) is 0 Å². The summed E-state index contributed by atoms with van der Waals surface area (Å²) in [7, 11) is 3.89. The van der Waals surface area contributed by atoms with E-state index in [2.05, 4.69) is 22.0 Å². The van der Waals surface area contributed by atoms with Gasteiger partial charge in [0, 0.05) is 37.2 Å². The molecule has 1 heterocycles. The Bertz CT molecular complexity index is 550. The van der Waals surface area contributed by atoms with Crippen molar-refractivity contribution in [3.63, 3.8) is 0 Å². The van der Waals surface area contributed by atoms with Gasteiger partial charge in [0.2, 0.25) is 0 Å². The number of hydrogen-bond acceptors (Lipinski definition) is 2. The molecule has 3 heteroatoms. The van der Waals surface area contributed by atoms with Gasteiger partial charge in [-0.25, -0.2) is 0 Å². The molecule has 0 atom stereocenters. The first kappa shape index (κ1) is 12.7. The molecule has 1 aromatic carbocycles. The standard InChI is InChI=1S/C15H20N2O/c1-15(2,18)12-10-11(7-8-13(12)16-3)14-6-5-9-17(14)4/h5-10,16,18H,1-4H3. The summed E-state index contributed by atoms with van der Waals surface area (Å²) in [6.07, 6.45) is 2.02. The van der Waals surface area contributed by atoms with Gasteiger partial charge in [-0.05, 0) is 43.7 Å². The molecule has 3 nitrogen and oxygen atoms in total. The molecule has 96 valence electrons. The van der Waals surface area contributed by atoms with Gasteiger partial charge in [-0.1, -0.05) is 6.07 Å². The van der Waals surface area contributed by atoms with E-state index < -0.39 is 5.60 Å². The highest BCUT2D eigenvalue weighted by Crippen LogP contribution is 2.32. The smallest absolute Gasteiger partial charge is 0.0860 e. The van der Waals surface area contributed by atoms with Gasteiger partial charge in [-0.3, -0.25) is 0 Å². The average molecular weight is 244 g/mol. The average Bonchev–Trinajstić information content (AvgIpc) is 2.73. The van der Waals surface area contributed by atoms with Crippen LogP contribution in [0.5, 0.6) is 0 Å². The second kappa shape index (κ2) is 4.50. The number of aliphatic hydroxyl groups is 1. The number of hydrogen-bond donors (Lipinski definition) is 2. The Hall–Kier alpha value is -1.74. The Balaban J connectivity index is 2.57. The molecule has 18 heavy (non-hydrogen) atoms. The van der Waals surface area contributed by atoms with Crippen LogP contribution < -0.4 is 5.32 Å². The Morgan fingerprint density at radius 1 is 1.22 bits per heavy atom. The molecule has 0 saturated carbocycles. The van der Waals surface area contributed by atoms with E-state index in [1.807, 2.05) is 38.5 Å². The largest absolute Gasteiger partial charge is 0.388 e. The van der Waals surface area contributed by atoms with Crippen molar-refractivity contribution in [1.82, 2.24) is 4.57 Å². The first-order valence-corrected chi connectivity index (χ1v) is 6.10. The number of aryl methyl sites for hydroxylation is 1. The molecule has 1 aromatic heterocycles. The number of nitrogens with one attached hydrogen (secondary N) is 1. The van der Waals surface area contributed by atoms with Crippen molar-refractivity contribution in [3.8, 4) is 11.3 Å². The lowest BCUT2D eigenvalue weighted by molar-refractivity contribution is 0.0794. The van der Waals surface area contributed by atoms with Gasteiger partial charge in [0.05, 0.1) is 5.60 Å². The molecule has 2 rings (SSSR count). The summed E-state index contributed by atoms with van der Waals surface area (Å²) in [5, 5.41) is 13.4. The van der Waals surface area contributed by atoms with Crippen molar-refractivity contribution < 1.29 is 5.11 Å². The number of anilines is 1. The van der Waals surface area contributed by atoms with Crippen molar-refractivity contribution in [1.29, 1.82) is 0 Å². The molecular weight excluding hydrogens is 224 g/mol. The van der Waals surface area contributed by atoms with E-state index in [4.69, 9.17) is 0 Å². The molecule has 0 amide bonds. The molecule has 0 radical (unpaired) electrons. The van der Waals surface area contributed by atoms with Gasteiger partial charge in [0.25, 0.3) is 0 Å². The Morgan fingerprint density at radius 3 is 2.44 bits per heavy atom. The molecular formula is C15H20N2O. The SMILES string of the molecule is CNc1ccc(-c2cccn2C)cc1C(C)(C)O. The van der Waals surface area contributed by atoms with Gasteiger partial charge >= 0.3 is 0 Å². The maximum atomic E-state index is 10.2. The Morgan fingerprint density at radius 2 is 1.94 bits per heavy atom. The van der Waals surface area contributed by atoms with E-state index >= 15 is 0 Å². The van der Waals surface area contributed by atoms with Gasteiger partial charge in [-0.15, -0.1) is 0 Å².